The zero-order valence-corrected chi connectivity index (χ0v) is 10.2. The summed E-state index contributed by atoms with van der Waals surface area (Å²) in [6.07, 6.45) is -2.34. The third-order valence-electron chi connectivity index (χ3n) is 2.36. The Kier molecular flexibility index (Phi) is 3.86. The number of thiophene rings is 1. The van der Waals surface area contributed by atoms with Gasteiger partial charge < -0.3 is 5.32 Å². The van der Waals surface area contributed by atoms with E-state index in [1.807, 2.05) is 17.5 Å². The van der Waals surface area contributed by atoms with Gasteiger partial charge in [-0.05, 0) is 30.0 Å². The van der Waals surface area contributed by atoms with Crippen LogP contribution in [0, 0.1) is 0 Å². The zero-order valence-electron chi connectivity index (χ0n) is 9.37. The van der Waals surface area contributed by atoms with Gasteiger partial charge in [-0.25, -0.2) is 4.98 Å². The number of nitrogens with zero attached hydrogens (tertiary/aromatic N) is 1. The van der Waals surface area contributed by atoms with Crippen LogP contribution in [0.4, 0.5) is 19.0 Å². The first-order valence-electron chi connectivity index (χ1n) is 5.36. The van der Waals surface area contributed by atoms with Crippen LogP contribution >= 0.6 is 11.3 Å². The van der Waals surface area contributed by atoms with Crippen LogP contribution in [0.1, 0.15) is 10.4 Å². The van der Waals surface area contributed by atoms with Gasteiger partial charge in [0.1, 0.15) is 5.82 Å². The van der Waals surface area contributed by atoms with Gasteiger partial charge in [-0.1, -0.05) is 6.07 Å². The molecule has 2 aromatic rings. The van der Waals surface area contributed by atoms with Crippen molar-refractivity contribution in [1.29, 1.82) is 0 Å². The molecule has 0 aliphatic rings. The minimum absolute atomic E-state index is 0.110. The molecular weight excluding hydrogens is 261 g/mol. The molecule has 6 heteroatoms. The van der Waals surface area contributed by atoms with Crippen molar-refractivity contribution < 1.29 is 13.2 Å². The van der Waals surface area contributed by atoms with E-state index in [0.717, 1.165) is 10.9 Å². The lowest BCUT2D eigenvalue weighted by Crippen LogP contribution is -2.13. The number of hydrogen-bond donors (Lipinski definition) is 1. The fourth-order valence-corrected chi connectivity index (χ4v) is 2.24. The van der Waals surface area contributed by atoms with Crippen LogP contribution in [0.2, 0.25) is 0 Å². The van der Waals surface area contributed by atoms with Gasteiger partial charge in [0.05, 0.1) is 5.56 Å². The van der Waals surface area contributed by atoms with Crippen molar-refractivity contribution in [2.45, 2.75) is 12.6 Å². The molecule has 2 aromatic heterocycles. The van der Waals surface area contributed by atoms with Gasteiger partial charge in [0.15, 0.2) is 0 Å². The lowest BCUT2D eigenvalue weighted by molar-refractivity contribution is -0.137. The van der Waals surface area contributed by atoms with Crippen molar-refractivity contribution in [1.82, 2.24) is 4.98 Å². The number of nitrogens with one attached hydrogen (secondary N) is 1. The maximum absolute atomic E-state index is 12.7. The number of alkyl halides is 3. The molecule has 2 heterocycles. The summed E-state index contributed by atoms with van der Waals surface area (Å²) in [6.45, 7) is 0.431. The van der Waals surface area contributed by atoms with Crippen LogP contribution in [-0.2, 0) is 12.6 Å². The molecule has 96 valence electrons. The maximum Gasteiger partial charge on any atom is 0.419 e. The Hall–Kier alpha value is -1.56. The second-order valence-corrected chi connectivity index (χ2v) is 4.69. The van der Waals surface area contributed by atoms with E-state index < -0.39 is 11.7 Å². The smallest absolute Gasteiger partial charge is 0.369 e. The largest absolute Gasteiger partial charge is 0.419 e. The first-order chi connectivity index (χ1) is 8.57. The average Bonchev–Trinajstić information content (AvgIpc) is 2.81. The van der Waals surface area contributed by atoms with Crippen LogP contribution in [0.25, 0.3) is 0 Å². The molecule has 0 bridgehead atoms. The minimum Gasteiger partial charge on any atom is -0.369 e. The molecule has 0 radical (unpaired) electrons. The van der Waals surface area contributed by atoms with Gasteiger partial charge in [-0.3, -0.25) is 0 Å². The standard InChI is InChI=1S/C12H11F3N2S/c13-12(14,15)10-4-1-6-16-11(10)17-7-5-9-3-2-8-18-9/h1-4,6,8H,5,7H2,(H,16,17). The highest BCUT2D eigenvalue weighted by Gasteiger charge is 2.33. The third kappa shape index (κ3) is 3.22. The molecular formula is C12H11F3N2S. The molecule has 0 aromatic carbocycles. The number of aromatic nitrogens is 1. The van der Waals surface area contributed by atoms with Gasteiger partial charge >= 0.3 is 6.18 Å². The van der Waals surface area contributed by atoms with E-state index in [4.69, 9.17) is 0 Å². The Balaban J connectivity index is 2.01. The molecule has 18 heavy (non-hydrogen) atoms. The second-order valence-electron chi connectivity index (χ2n) is 3.65. The summed E-state index contributed by atoms with van der Waals surface area (Å²) in [5.74, 6) is -0.110. The van der Waals surface area contributed by atoms with E-state index in [0.29, 0.717) is 13.0 Å². The topological polar surface area (TPSA) is 24.9 Å². The number of halogens is 3. The Morgan fingerprint density at radius 1 is 1.22 bits per heavy atom. The first kappa shape index (κ1) is 12.9. The highest BCUT2D eigenvalue weighted by Crippen LogP contribution is 2.33. The summed E-state index contributed by atoms with van der Waals surface area (Å²) >= 11 is 1.59. The molecule has 1 N–H and O–H groups in total. The molecule has 0 atom stereocenters. The summed E-state index contributed by atoms with van der Waals surface area (Å²) in [4.78, 5) is 4.87. The van der Waals surface area contributed by atoms with E-state index in [1.165, 1.54) is 12.3 Å². The molecule has 2 nitrogen and oxygen atoms in total. The molecule has 2 rings (SSSR count). The van der Waals surface area contributed by atoms with Crippen LogP contribution in [0.3, 0.4) is 0 Å². The molecule has 0 saturated carbocycles. The van der Waals surface area contributed by atoms with E-state index in [-0.39, 0.29) is 5.82 Å². The predicted octanol–water partition coefficient (Wildman–Crippen LogP) is 3.82. The average molecular weight is 272 g/mol. The van der Waals surface area contributed by atoms with Crippen LogP contribution < -0.4 is 5.32 Å². The van der Waals surface area contributed by atoms with Gasteiger partial charge in [-0.15, -0.1) is 11.3 Å². The zero-order chi connectivity index (χ0) is 13.0. The van der Waals surface area contributed by atoms with Crippen molar-refractivity contribution in [2.75, 3.05) is 11.9 Å². The van der Waals surface area contributed by atoms with E-state index in [1.54, 1.807) is 11.3 Å². The van der Waals surface area contributed by atoms with Gasteiger partial charge in [0.25, 0.3) is 0 Å². The summed E-state index contributed by atoms with van der Waals surface area (Å²) in [6, 6.07) is 6.19. The summed E-state index contributed by atoms with van der Waals surface area (Å²) in [5.41, 5.74) is -0.726. The summed E-state index contributed by atoms with van der Waals surface area (Å²) in [7, 11) is 0. The molecule has 0 fully saturated rings. The predicted molar refractivity (Wildman–Crippen MR) is 65.8 cm³/mol. The van der Waals surface area contributed by atoms with Crippen LogP contribution in [0.15, 0.2) is 35.8 Å². The van der Waals surface area contributed by atoms with Crippen molar-refractivity contribution >= 4 is 17.2 Å². The molecule has 0 unspecified atom stereocenters. The van der Waals surface area contributed by atoms with E-state index in [9.17, 15) is 13.2 Å². The Morgan fingerprint density at radius 2 is 2.06 bits per heavy atom. The highest BCUT2D eigenvalue weighted by molar-refractivity contribution is 7.09. The number of anilines is 1. The summed E-state index contributed by atoms with van der Waals surface area (Å²) < 4.78 is 38.0. The van der Waals surface area contributed by atoms with Crippen molar-refractivity contribution in [3.8, 4) is 0 Å². The number of hydrogen-bond acceptors (Lipinski definition) is 3. The fourth-order valence-electron chi connectivity index (χ4n) is 1.53. The quantitative estimate of drug-likeness (QED) is 0.915. The minimum atomic E-state index is -4.38. The number of rotatable bonds is 4. The van der Waals surface area contributed by atoms with E-state index in [2.05, 4.69) is 10.3 Å². The lowest BCUT2D eigenvalue weighted by atomic mass is 10.2. The van der Waals surface area contributed by atoms with Crippen LogP contribution in [0.5, 0.6) is 0 Å². The van der Waals surface area contributed by atoms with Crippen molar-refractivity contribution in [2.24, 2.45) is 0 Å². The lowest BCUT2D eigenvalue weighted by Gasteiger charge is -2.12. The summed E-state index contributed by atoms with van der Waals surface area (Å²) in [5, 5.41) is 4.68. The highest BCUT2D eigenvalue weighted by atomic mass is 32.1. The molecule has 0 spiro atoms. The fraction of sp³-hybridized carbons (Fsp3) is 0.250. The van der Waals surface area contributed by atoms with Crippen molar-refractivity contribution in [3.63, 3.8) is 0 Å². The third-order valence-corrected chi connectivity index (χ3v) is 3.29. The Labute approximate surface area is 106 Å². The monoisotopic (exact) mass is 272 g/mol. The SMILES string of the molecule is FC(F)(F)c1cccnc1NCCc1cccs1. The maximum atomic E-state index is 12.7. The van der Waals surface area contributed by atoms with Crippen LogP contribution in [-0.4, -0.2) is 11.5 Å². The van der Waals surface area contributed by atoms with Crippen molar-refractivity contribution in [3.05, 3.63) is 46.3 Å². The van der Waals surface area contributed by atoms with Gasteiger partial charge in [-0.2, -0.15) is 13.2 Å². The van der Waals surface area contributed by atoms with Gasteiger partial charge in [0, 0.05) is 17.6 Å². The number of pyridine rings is 1. The van der Waals surface area contributed by atoms with E-state index >= 15 is 0 Å². The van der Waals surface area contributed by atoms with Gasteiger partial charge in [0.2, 0.25) is 0 Å². The Bertz CT molecular complexity index is 494. The molecule has 0 amide bonds. The normalized spacial score (nSPS) is 11.5. The second kappa shape index (κ2) is 5.39. The molecule has 0 aliphatic carbocycles. The Morgan fingerprint density at radius 3 is 2.72 bits per heavy atom. The molecule has 0 saturated heterocycles. The first-order valence-corrected chi connectivity index (χ1v) is 6.24. The molecule has 0 aliphatic heterocycles.